The Labute approximate surface area is 205 Å². The second-order valence-electron chi connectivity index (χ2n) is 8.90. The third kappa shape index (κ3) is 5.39. The number of aromatic nitrogens is 1. The number of likely N-dealkylation sites (tertiary alicyclic amines) is 1. The second-order valence-corrected chi connectivity index (χ2v) is 9.34. The first-order valence-electron chi connectivity index (χ1n) is 11.4. The number of pyridine rings is 1. The summed E-state index contributed by atoms with van der Waals surface area (Å²) < 4.78 is 0. The normalized spacial score (nSPS) is 14.1. The number of anilines is 2. The molecule has 0 atom stereocenters. The zero-order valence-electron chi connectivity index (χ0n) is 19.7. The fourth-order valence-electron chi connectivity index (χ4n) is 4.20. The molecule has 176 valence electrons. The van der Waals surface area contributed by atoms with Crippen molar-refractivity contribution in [1.82, 2.24) is 9.88 Å². The van der Waals surface area contributed by atoms with E-state index in [1.807, 2.05) is 55.1 Å². The summed E-state index contributed by atoms with van der Waals surface area (Å²) in [5, 5.41) is 3.67. The zero-order chi connectivity index (χ0) is 24.2. The smallest absolute Gasteiger partial charge is 0.257 e. The van der Waals surface area contributed by atoms with E-state index in [0.717, 1.165) is 29.2 Å². The van der Waals surface area contributed by atoms with Gasteiger partial charge in [0.15, 0.2) is 0 Å². The zero-order valence-corrected chi connectivity index (χ0v) is 20.5. The van der Waals surface area contributed by atoms with Gasteiger partial charge in [-0.05, 0) is 73.2 Å². The minimum Gasteiger partial charge on any atom is -0.363 e. The van der Waals surface area contributed by atoms with E-state index in [4.69, 9.17) is 11.6 Å². The third-order valence-corrected chi connectivity index (χ3v) is 6.58. The van der Waals surface area contributed by atoms with E-state index in [-0.39, 0.29) is 11.8 Å². The molecular formula is C27H29ClN4O2. The highest BCUT2D eigenvalue weighted by molar-refractivity contribution is 6.30. The molecule has 0 saturated carbocycles. The monoisotopic (exact) mass is 476 g/mol. The van der Waals surface area contributed by atoms with Crippen LogP contribution >= 0.6 is 11.6 Å². The molecule has 4 rings (SSSR count). The molecule has 34 heavy (non-hydrogen) atoms. The van der Waals surface area contributed by atoms with Crippen LogP contribution in [0.5, 0.6) is 0 Å². The number of hydrogen-bond acceptors (Lipinski definition) is 4. The van der Waals surface area contributed by atoms with Crippen molar-refractivity contribution in [2.45, 2.75) is 25.7 Å². The first-order valence-corrected chi connectivity index (χ1v) is 11.8. The van der Waals surface area contributed by atoms with E-state index >= 15 is 0 Å². The molecular weight excluding hydrogens is 448 g/mol. The Morgan fingerprint density at radius 1 is 1.00 bits per heavy atom. The molecule has 1 fully saturated rings. The van der Waals surface area contributed by atoms with Gasteiger partial charge < -0.3 is 15.1 Å². The highest BCUT2D eigenvalue weighted by atomic mass is 35.5. The number of amides is 2. The largest absolute Gasteiger partial charge is 0.363 e. The number of piperidine rings is 1. The molecule has 1 aliphatic rings. The lowest BCUT2D eigenvalue weighted by molar-refractivity contribution is 0.0712. The highest BCUT2D eigenvalue weighted by Gasteiger charge is 2.25. The summed E-state index contributed by atoms with van der Waals surface area (Å²) in [6.45, 7) is 3.31. The van der Waals surface area contributed by atoms with Crippen molar-refractivity contribution in [3.63, 3.8) is 0 Å². The second kappa shape index (κ2) is 10.3. The molecule has 2 heterocycles. The van der Waals surface area contributed by atoms with E-state index in [9.17, 15) is 9.59 Å². The Kier molecular flexibility index (Phi) is 7.17. The quantitative estimate of drug-likeness (QED) is 0.536. The molecule has 1 N–H and O–H groups in total. The van der Waals surface area contributed by atoms with Crippen molar-refractivity contribution in [1.29, 1.82) is 0 Å². The molecule has 0 spiro atoms. The number of nitrogens with one attached hydrogen (secondary N) is 1. The number of carbonyl (C=O) groups is 2. The first kappa shape index (κ1) is 23.8. The van der Waals surface area contributed by atoms with Crippen molar-refractivity contribution in [2.75, 3.05) is 37.4 Å². The van der Waals surface area contributed by atoms with E-state index < -0.39 is 0 Å². The summed E-state index contributed by atoms with van der Waals surface area (Å²) in [5.41, 5.74) is 3.83. The van der Waals surface area contributed by atoms with Gasteiger partial charge in [0, 0.05) is 49.7 Å². The van der Waals surface area contributed by atoms with Gasteiger partial charge in [-0.25, -0.2) is 4.98 Å². The molecule has 2 aromatic carbocycles. The molecule has 1 aliphatic heterocycles. The van der Waals surface area contributed by atoms with E-state index in [1.54, 1.807) is 24.4 Å². The van der Waals surface area contributed by atoms with Crippen LogP contribution < -0.4 is 10.2 Å². The van der Waals surface area contributed by atoms with E-state index in [0.29, 0.717) is 35.8 Å². The lowest BCUT2D eigenvalue weighted by Crippen LogP contribution is -2.38. The first-order chi connectivity index (χ1) is 16.3. The summed E-state index contributed by atoms with van der Waals surface area (Å²) in [6, 6.07) is 17.0. The Morgan fingerprint density at radius 2 is 1.68 bits per heavy atom. The Balaban J connectivity index is 1.41. The lowest BCUT2D eigenvalue weighted by atomic mass is 9.89. The van der Waals surface area contributed by atoms with Gasteiger partial charge in [0.25, 0.3) is 11.8 Å². The van der Waals surface area contributed by atoms with Gasteiger partial charge in [-0.15, -0.1) is 0 Å². The maximum Gasteiger partial charge on any atom is 0.257 e. The van der Waals surface area contributed by atoms with Crippen LogP contribution in [-0.2, 0) is 0 Å². The van der Waals surface area contributed by atoms with Crippen LogP contribution in [0, 0.1) is 6.92 Å². The van der Waals surface area contributed by atoms with Crippen molar-refractivity contribution in [3.8, 4) is 0 Å². The number of hydrogen-bond donors (Lipinski definition) is 1. The number of benzene rings is 2. The fraction of sp³-hybridized carbons (Fsp3) is 0.296. The molecule has 7 heteroatoms. The standard InChI is InChI=1S/C27H29ClN4O2/c1-18-4-5-21(16-24(18)30-26(33)22-8-11-25(29-17-22)31(2)3)27(34)32-14-12-20(13-15-32)19-6-9-23(28)10-7-19/h4-11,16-17,20H,12-15H2,1-3H3,(H,30,33). The van der Waals surface area contributed by atoms with Gasteiger partial charge in [-0.1, -0.05) is 29.8 Å². The van der Waals surface area contributed by atoms with Gasteiger partial charge in [-0.3, -0.25) is 9.59 Å². The molecule has 0 unspecified atom stereocenters. The average molecular weight is 477 g/mol. The Bertz CT molecular complexity index is 1170. The van der Waals surface area contributed by atoms with Crippen LogP contribution in [0.2, 0.25) is 5.02 Å². The summed E-state index contributed by atoms with van der Waals surface area (Å²) in [7, 11) is 3.79. The lowest BCUT2D eigenvalue weighted by Gasteiger charge is -2.32. The minimum atomic E-state index is -0.255. The van der Waals surface area contributed by atoms with Gasteiger partial charge in [-0.2, -0.15) is 0 Å². The summed E-state index contributed by atoms with van der Waals surface area (Å²) in [5.74, 6) is 0.943. The molecule has 0 radical (unpaired) electrons. The number of rotatable bonds is 5. The van der Waals surface area contributed by atoms with Crippen molar-refractivity contribution in [3.05, 3.63) is 88.1 Å². The van der Waals surface area contributed by atoms with Gasteiger partial charge in [0.2, 0.25) is 0 Å². The number of carbonyl (C=O) groups excluding carboxylic acids is 2. The minimum absolute atomic E-state index is 0.0120. The molecule has 6 nitrogen and oxygen atoms in total. The predicted molar refractivity (Wildman–Crippen MR) is 137 cm³/mol. The summed E-state index contributed by atoms with van der Waals surface area (Å²) in [6.07, 6.45) is 3.39. The van der Waals surface area contributed by atoms with Crippen LogP contribution in [0.15, 0.2) is 60.8 Å². The van der Waals surface area contributed by atoms with Gasteiger partial charge in [0.1, 0.15) is 5.82 Å². The highest BCUT2D eigenvalue weighted by Crippen LogP contribution is 2.30. The average Bonchev–Trinajstić information content (AvgIpc) is 2.85. The van der Waals surface area contributed by atoms with Crippen LogP contribution in [-0.4, -0.2) is 48.9 Å². The van der Waals surface area contributed by atoms with Gasteiger partial charge in [0.05, 0.1) is 5.56 Å². The maximum atomic E-state index is 13.2. The Morgan fingerprint density at radius 3 is 2.29 bits per heavy atom. The van der Waals surface area contributed by atoms with Crippen molar-refractivity contribution < 1.29 is 9.59 Å². The van der Waals surface area contributed by atoms with Crippen molar-refractivity contribution >= 4 is 34.9 Å². The molecule has 2 amide bonds. The molecule has 0 aliphatic carbocycles. The predicted octanol–water partition coefficient (Wildman–Crippen LogP) is 5.38. The molecule has 1 saturated heterocycles. The Hall–Kier alpha value is -3.38. The number of nitrogens with zero attached hydrogens (tertiary/aromatic N) is 3. The number of aryl methyl sites for hydroxylation is 1. The van der Waals surface area contributed by atoms with Crippen LogP contribution in [0.1, 0.15) is 50.6 Å². The van der Waals surface area contributed by atoms with Crippen molar-refractivity contribution in [2.24, 2.45) is 0 Å². The topological polar surface area (TPSA) is 65.5 Å². The van der Waals surface area contributed by atoms with E-state index in [2.05, 4.69) is 22.4 Å². The maximum absolute atomic E-state index is 13.2. The third-order valence-electron chi connectivity index (χ3n) is 6.32. The van der Waals surface area contributed by atoms with E-state index in [1.165, 1.54) is 5.56 Å². The summed E-state index contributed by atoms with van der Waals surface area (Å²) in [4.78, 5) is 34.0. The molecule has 3 aromatic rings. The number of halogens is 1. The van der Waals surface area contributed by atoms with Crippen LogP contribution in [0.25, 0.3) is 0 Å². The summed E-state index contributed by atoms with van der Waals surface area (Å²) >= 11 is 6.01. The molecule has 0 bridgehead atoms. The van der Waals surface area contributed by atoms with Gasteiger partial charge >= 0.3 is 0 Å². The van der Waals surface area contributed by atoms with Crippen LogP contribution in [0.3, 0.4) is 0 Å². The fourth-order valence-corrected chi connectivity index (χ4v) is 4.33. The SMILES string of the molecule is Cc1ccc(C(=O)N2CCC(c3ccc(Cl)cc3)CC2)cc1NC(=O)c1ccc(N(C)C)nc1. The van der Waals surface area contributed by atoms with Crippen LogP contribution in [0.4, 0.5) is 11.5 Å². The molecule has 1 aromatic heterocycles.